The van der Waals surface area contributed by atoms with Gasteiger partial charge in [0.25, 0.3) is 5.91 Å². The summed E-state index contributed by atoms with van der Waals surface area (Å²) in [5.41, 5.74) is 1.19. The van der Waals surface area contributed by atoms with Gasteiger partial charge < -0.3 is 10.2 Å². The lowest BCUT2D eigenvalue weighted by atomic mass is 9.96. The second kappa shape index (κ2) is 8.22. The number of benzene rings is 1. The summed E-state index contributed by atoms with van der Waals surface area (Å²) < 4.78 is 0. The molecule has 2 N–H and O–H groups in total. The topological polar surface area (TPSA) is 82.5 Å². The van der Waals surface area contributed by atoms with Crippen molar-refractivity contribution in [3.05, 3.63) is 30.0 Å². The SMILES string of the molecule is Cc1nc(N/C(=N/C(=O)C(C)(C)C)NC2CCN(C)CC2)nc2ccccc12. The Bertz CT molecular complexity index is 878. The first-order chi connectivity index (χ1) is 13.2. The van der Waals surface area contributed by atoms with E-state index in [0.717, 1.165) is 42.5 Å². The number of fused-ring (bicyclic) bond motifs is 1. The number of nitrogens with one attached hydrogen (secondary N) is 2. The molecule has 1 saturated heterocycles. The van der Waals surface area contributed by atoms with E-state index in [1.807, 2.05) is 52.0 Å². The van der Waals surface area contributed by atoms with Crippen LogP contribution in [0, 0.1) is 12.3 Å². The molecule has 0 aliphatic carbocycles. The average Bonchev–Trinajstić information content (AvgIpc) is 2.63. The van der Waals surface area contributed by atoms with Gasteiger partial charge in [0, 0.05) is 16.8 Å². The maximum absolute atomic E-state index is 12.5. The standard InChI is InChI=1S/C21H30N6O/c1-14-16-8-6-7-9-17(16)24-19(22-14)26-20(25-18(28)21(2,3)4)23-15-10-12-27(5)13-11-15/h6-9,15H,10-13H2,1-5H3,(H2,22,23,24,25,26,28). The van der Waals surface area contributed by atoms with E-state index in [1.54, 1.807) is 0 Å². The normalized spacial score (nSPS) is 17.0. The molecule has 0 saturated carbocycles. The van der Waals surface area contributed by atoms with E-state index in [0.29, 0.717) is 11.9 Å². The van der Waals surface area contributed by atoms with Crippen molar-refractivity contribution in [3.8, 4) is 0 Å². The number of rotatable bonds is 2. The number of guanidine groups is 1. The number of nitrogens with zero attached hydrogens (tertiary/aromatic N) is 4. The molecular weight excluding hydrogens is 352 g/mol. The predicted molar refractivity (Wildman–Crippen MR) is 113 cm³/mol. The minimum atomic E-state index is -0.554. The zero-order valence-corrected chi connectivity index (χ0v) is 17.4. The highest BCUT2D eigenvalue weighted by atomic mass is 16.1. The van der Waals surface area contributed by atoms with Crippen LogP contribution >= 0.6 is 0 Å². The Morgan fingerprint density at radius 2 is 1.86 bits per heavy atom. The molecule has 1 fully saturated rings. The van der Waals surface area contributed by atoms with Crippen LogP contribution in [0.25, 0.3) is 10.9 Å². The molecule has 1 aliphatic rings. The van der Waals surface area contributed by atoms with E-state index >= 15 is 0 Å². The van der Waals surface area contributed by atoms with E-state index in [1.165, 1.54) is 0 Å². The number of aliphatic imine (C=N–C) groups is 1. The molecule has 7 nitrogen and oxygen atoms in total. The highest BCUT2D eigenvalue weighted by Crippen LogP contribution is 2.18. The number of aryl methyl sites for hydroxylation is 1. The monoisotopic (exact) mass is 382 g/mol. The first-order valence-electron chi connectivity index (χ1n) is 9.81. The summed E-state index contributed by atoms with van der Waals surface area (Å²) in [5, 5.41) is 7.58. The number of amides is 1. The number of piperidine rings is 1. The number of hydrogen-bond donors (Lipinski definition) is 2. The summed E-state index contributed by atoms with van der Waals surface area (Å²) in [6.07, 6.45) is 2.00. The molecule has 0 atom stereocenters. The third-order valence-corrected chi connectivity index (χ3v) is 4.94. The summed E-state index contributed by atoms with van der Waals surface area (Å²) in [6, 6.07) is 8.15. The summed E-state index contributed by atoms with van der Waals surface area (Å²) in [4.78, 5) is 28.3. The van der Waals surface area contributed by atoms with Gasteiger partial charge in [-0.15, -0.1) is 0 Å². The van der Waals surface area contributed by atoms with Crippen LogP contribution in [-0.2, 0) is 4.79 Å². The lowest BCUT2D eigenvalue weighted by Crippen LogP contribution is -2.46. The lowest BCUT2D eigenvalue weighted by molar-refractivity contribution is -0.124. The molecule has 2 heterocycles. The van der Waals surface area contributed by atoms with Gasteiger partial charge in [-0.05, 0) is 46.0 Å². The maximum atomic E-state index is 12.5. The van der Waals surface area contributed by atoms with Crippen LogP contribution in [-0.4, -0.2) is 52.9 Å². The molecule has 0 spiro atoms. The minimum Gasteiger partial charge on any atom is -0.353 e. The Morgan fingerprint density at radius 3 is 2.54 bits per heavy atom. The van der Waals surface area contributed by atoms with Crippen molar-refractivity contribution in [3.63, 3.8) is 0 Å². The number of para-hydroxylation sites is 1. The first kappa shape index (κ1) is 20.2. The van der Waals surface area contributed by atoms with Crippen LogP contribution in [0.2, 0.25) is 0 Å². The fourth-order valence-electron chi connectivity index (χ4n) is 3.11. The average molecular weight is 383 g/mol. The zero-order valence-electron chi connectivity index (χ0n) is 17.4. The summed E-state index contributed by atoms with van der Waals surface area (Å²) in [7, 11) is 2.12. The molecule has 1 amide bonds. The molecule has 3 rings (SSSR count). The molecular formula is C21H30N6O. The molecule has 28 heavy (non-hydrogen) atoms. The Kier molecular flexibility index (Phi) is 5.93. The molecule has 1 aromatic carbocycles. The van der Waals surface area contributed by atoms with Crippen LogP contribution in [0.3, 0.4) is 0 Å². The van der Waals surface area contributed by atoms with Gasteiger partial charge in [-0.2, -0.15) is 4.99 Å². The van der Waals surface area contributed by atoms with Gasteiger partial charge in [0.15, 0.2) is 0 Å². The van der Waals surface area contributed by atoms with Crippen LogP contribution in [0.5, 0.6) is 0 Å². The minimum absolute atomic E-state index is 0.187. The summed E-state index contributed by atoms with van der Waals surface area (Å²) in [5.74, 6) is 0.675. The van der Waals surface area contributed by atoms with Crippen molar-refractivity contribution < 1.29 is 4.79 Å². The van der Waals surface area contributed by atoms with Crippen molar-refractivity contribution in [2.24, 2.45) is 10.4 Å². The fourth-order valence-corrected chi connectivity index (χ4v) is 3.11. The highest BCUT2D eigenvalue weighted by molar-refractivity contribution is 6.02. The van der Waals surface area contributed by atoms with Crippen LogP contribution in [0.15, 0.2) is 29.3 Å². The lowest BCUT2D eigenvalue weighted by Gasteiger charge is -2.30. The molecule has 0 bridgehead atoms. The van der Waals surface area contributed by atoms with Gasteiger partial charge in [0.05, 0.1) is 11.2 Å². The van der Waals surface area contributed by atoms with E-state index in [9.17, 15) is 4.79 Å². The fraction of sp³-hybridized carbons (Fsp3) is 0.524. The molecule has 1 aromatic heterocycles. The van der Waals surface area contributed by atoms with Crippen LogP contribution < -0.4 is 10.6 Å². The Morgan fingerprint density at radius 1 is 1.18 bits per heavy atom. The quantitative estimate of drug-likeness (QED) is 0.614. The molecule has 150 valence electrons. The Labute approximate surface area is 166 Å². The van der Waals surface area contributed by atoms with E-state index in [2.05, 4.69) is 37.5 Å². The van der Waals surface area contributed by atoms with Crippen molar-refractivity contribution >= 4 is 28.7 Å². The maximum Gasteiger partial charge on any atom is 0.254 e. The van der Waals surface area contributed by atoms with Gasteiger partial charge in [-0.1, -0.05) is 39.0 Å². The van der Waals surface area contributed by atoms with Crippen molar-refractivity contribution in [2.45, 2.75) is 46.6 Å². The smallest absolute Gasteiger partial charge is 0.254 e. The van der Waals surface area contributed by atoms with Gasteiger partial charge in [-0.25, -0.2) is 9.97 Å². The van der Waals surface area contributed by atoms with Gasteiger partial charge in [0.1, 0.15) is 0 Å². The first-order valence-corrected chi connectivity index (χ1v) is 9.81. The van der Waals surface area contributed by atoms with E-state index in [-0.39, 0.29) is 11.9 Å². The zero-order chi connectivity index (χ0) is 20.3. The van der Waals surface area contributed by atoms with Gasteiger partial charge in [0.2, 0.25) is 11.9 Å². The second-order valence-corrected chi connectivity index (χ2v) is 8.51. The summed E-state index contributed by atoms with van der Waals surface area (Å²) in [6.45, 7) is 9.58. The number of hydrogen-bond acceptors (Lipinski definition) is 4. The second-order valence-electron chi connectivity index (χ2n) is 8.51. The molecule has 2 aromatic rings. The van der Waals surface area contributed by atoms with Gasteiger partial charge >= 0.3 is 0 Å². The Balaban J connectivity index is 1.86. The molecule has 0 radical (unpaired) electrons. The van der Waals surface area contributed by atoms with E-state index in [4.69, 9.17) is 0 Å². The summed E-state index contributed by atoms with van der Waals surface area (Å²) >= 11 is 0. The van der Waals surface area contributed by atoms with Crippen LogP contribution in [0.4, 0.5) is 5.95 Å². The number of carbonyl (C=O) groups excluding carboxylic acids is 1. The predicted octanol–water partition coefficient (Wildman–Crippen LogP) is 2.96. The number of carbonyl (C=O) groups is 1. The highest BCUT2D eigenvalue weighted by Gasteiger charge is 2.24. The Hall–Kier alpha value is -2.54. The van der Waals surface area contributed by atoms with Crippen molar-refractivity contribution in [1.82, 2.24) is 20.2 Å². The third-order valence-electron chi connectivity index (χ3n) is 4.94. The molecule has 1 aliphatic heterocycles. The molecule has 0 unspecified atom stereocenters. The van der Waals surface area contributed by atoms with Crippen molar-refractivity contribution in [2.75, 3.05) is 25.5 Å². The number of likely N-dealkylation sites (tertiary alicyclic amines) is 1. The van der Waals surface area contributed by atoms with Crippen LogP contribution in [0.1, 0.15) is 39.3 Å². The largest absolute Gasteiger partial charge is 0.353 e. The number of anilines is 1. The molecule has 7 heteroatoms. The third kappa shape index (κ3) is 5.04. The van der Waals surface area contributed by atoms with Crippen molar-refractivity contribution in [1.29, 1.82) is 0 Å². The number of aromatic nitrogens is 2. The van der Waals surface area contributed by atoms with Gasteiger partial charge in [-0.3, -0.25) is 10.1 Å². The van der Waals surface area contributed by atoms with E-state index < -0.39 is 5.41 Å².